The first-order chi connectivity index (χ1) is 10.0. The number of nitrogens with one attached hydrogen (secondary N) is 1. The van der Waals surface area contributed by atoms with Crippen LogP contribution >= 0.6 is 11.3 Å². The molecule has 0 saturated heterocycles. The molecule has 21 heavy (non-hydrogen) atoms. The van der Waals surface area contributed by atoms with Crippen molar-refractivity contribution >= 4 is 27.0 Å². The Bertz CT molecular complexity index is 726. The van der Waals surface area contributed by atoms with Crippen LogP contribution in [0.4, 0.5) is 5.69 Å². The Hall–Kier alpha value is -1.77. The van der Waals surface area contributed by atoms with Crippen molar-refractivity contribution in [3.8, 4) is 11.5 Å². The molecule has 6 nitrogen and oxygen atoms in total. The van der Waals surface area contributed by atoms with Crippen LogP contribution in [-0.2, 0) is 16.6 Å². The zero-order chi connectivity index (χ0) is 15.5. The normalized spacial score (nSPS) is 11.2. The largest absolute Gasteiger partial charge is 0.493 e. The van der Waals surface area contributed by atoms with Crippen molar-refractivity contribution in [2.24, 2.45) is 5.73 Å². The van der Waals surface area contributed by atoms with E-state index in [1.165, 1.54) is 31.6 Å². The third-order valence-electron chi connectivity index (χ3n) is 2.82. The van der Waals surface area contributed by atoms with Crippen LogP contribution in [0.25, 0.3) is 0 Å². The standard InChI is InChI=1S/C13H16N2O4S2/c1-18-10-4-3-9(7-11(10)19-2)15-21(16,17)13-5-6-20-12(13)8-14/h3-7,15H,8,14H2,1-2H3. The second kappa shape index (κ2) is 6.33. The fraction of sp³-hybridized carbons (Fsp3) is 0.231. The van der Waals surface area contributed by atoms with Crippen molar-refractivity contribution in [2.45, 2.75) is 11.4 Å². The van der Waals surface area contributed by atoms with Gasteiger partial charge in [-0.15, -0.1) is 11.3 Å². The number of hydrogen-bond acceptors (Lipinski definition) is 6. The zero-order valence-electron chi connectivity index (χ0n) is 11.6. The van der Waals surface area contributed by atoms with E-state index in [9.17, 15) is 8.42 Å². The summed E-state index contributed by atoms with van der Waals surface area (Å²) >= 11 is 1.31. The highest BCUT2D eigenvalue weighted by Gasteiger charge is 2.19. The van der Waals surface area contributed by atoms with Gasteiger partial charge in [-0.2, -0.15) is 0 Å². The van der Waals surface area contributed by atoms with Crippen molar-refractivity contribution in [1.82, 2.24) is 0 Å². The second-order valence-electron chi connectivity index (χ2n) is 4.09. The van der Waals surface area contributed by atoms with Crippen LogP contribution in [0.1, 0.15) is 4.88 Å². The van der Waals surface area contributed by atoms with Crippen LogP contribution in [-0.4, -0.2) is 22.6 Å². The number of sulfonamides is 1. The summed E-state index contributed by atoms with van der Waals surface area (Å²) in [5, 5.41) is 1.70. The molecule has 1 aromatic carbocycles. The maximum Gasteiger partial charge on any atom is 0.263 e. The number of hydrogen-bond donors (Lipinski definition) is 2. The highest BCUT2D eigenvalue weighted by atomic mass is 32.2. The Morgan fingerprint density at radius 2 is 1.90 bits per heavy atom. The first-order valence-electron chi connectivity index (χ1n) is 6.03. The molecular weight excluding hydrogens is 312 g/mol. The molecule has 0 aliphatic heterocycles. The summed E-state index contributed by atoms with van der Waals surface area (Å²) in [6, 6.07) is 6.34. The number of methoxy groups -OCH3 is 2. The molecule has 0 spiro atoms. The summed E-state index contributed by atoms with van der Waals surface area (Å²) in [7, 11) is -0.671. The Morgan fingerprint density at radius 1 is 1.19 bits per heavy atom. The number of rotatable bonds is 6. The van der Waals surface area contributed by atoms with Crippen molar-refractivity contribution < 1.29 is 17.9 Å². The van der Waals surface area contributed by atoms with Crippen LogP contribution in [0.2, 0.25) is 0 Å². The van der Waals surface area contributed by atoms with E-state index in [0.29, 0.717) is 22.1 Å². The molecule has 0 aliphatic rings. The fourth-order valence-electron chi connectivity index (χ4n) is 1.83. The van der Waals surface area contributed by atoms with E-state index in [4.69, 9.17) is 15.2 Å². The number of thiophene rings is 1. The smallest absolute Gasteiger partial charge is 0.263 e. The van der Waals surface area contributed by atoms with E-state index in [1.807, 2.05) is 0 Å². The van der Waals surface area contributed by atoms with E-state index >= 15 is 0 Å². The van der Waals surface area contributed by atoms with Gasteiger partial charge in [0, 0.05) is 17.5 Å². The highest BCUT2D eigenvalue weighted by Crippen LogP contribution is 2.31. The predicted molar refractivity (Wildman–Crippen MR) is 82.6 cm³/mol. The number of nitrogens with two attached hydrogens (primary N) is 1. The molecule has 114 valence electrons. The van der Waals surface area contributed by atoms with Gasteiger partial charge in [-0.05, 0) is 23.6 Å². The molecule has 0 saturated carbocycles. The molecule has 1 heterocycles. The van der Waals surface area contributed by atoms with E-state index < -0.39 is 10.0 Å². The Morgan fingerprint density at radius 3 is 2.52 bits per heavy atom. The Balaban J connectivity index is 2.33. The average Bonchev–Trinajstić information content (AvgIpc) is 2.96. The van der Waals surface area contributed by atoms with Gasteiger partial charge in [0.2, 0.25) is 0 Å². The minimum Gasteiger partial charge on any atom is -0.493 e. The van der Waals surface area contributed by atoms with Gasteiger partial charge in [-0.25, -0.2) is 8.42 Å². The SMILES string of the molecule is COc1ccc(NS(=O)(=O)c2ccsc2CN)cc1OC. The third-order valence-corrected chi connectivity index (χ3v) is 5.35. The molecular formula is C13H16N2O4S2. The molecule has 0 bridgehead atoms. The van der Waals surface area contributed by atoms with Gasteiger partial charge in [0.25, 0.3) is 10.0 Å². The molecule has 2 rings (SSSR count). The van der Waals surface area contributed by atoms with Gasteiger partial charge >= 0.3 is 0 Å². The average molecular weight is 328 g/mol. The number of anilines is 1. The van der Waals surface area contributed by atoms with Gasteiger partial charge in [-0.3, -0.25) is 4.72 Å². The lowest BCUT2D eigenvalue weighted by atomic mass is 10.3. The topological polar surface area (TPSA) is 90.7 Å². The van der Waals surface area contributed by atoms with Crippen LogP contribution in [0.5, 0.6) is 11.5 Å². The lowest BCUT2D eigenvalue weighted by Crippen LogP contribution is -2.14. The van der Waals surface area contributed by atoms with Crippen molar-refractivity contribution in [1.29, 1.82) is 0 Å². The molecule has 0 aliphatic carbocycles. The van der Waals surface area contributed by atoms with Gasteiger partial charge in [0.05, 0.1) is 19.9 Å². The van der Waals surface area contributed by atoms with E-state index in [2.05, 4.69) is 4.72 Å². The van der Waals surface area contributed by atoms with Gasteiger partial charge in [0.15, 0.2) is 11.5 Å². The van der Waals surface area contributed by atoms with E-state index in [0.717, 1.165) is 0 Å². The number of ether oxygens (including phenoxy) is 2. The van der Waals surface area contributed by atoms with Gasteiger partial charge in [-0.1, -0.05) is 0 Å². The molecule has 0 atom stereocenters. The lowest BCUT2D eigenvalue weighted by Gasteiger charge is -2.12. The van der Waals surface area contributed by atoms with E-state index in [1.54, 1.807) is 23.6 Å². The number of benzene rings is 1. The van der Waals surface area contributed by atoms with Crippen LogP contribution < -0.4 is 19.9 Å². The molecule has 0 amide bonds. The van der Waals surface area contributed by atoms with Crippen LogP contribution in [0.15, 0.2) is 34.5 Å². The molecule has 1 aromatic heterocycles. The van der Waals surface area contributed by atoms with Crippen molar-refractivity contribution in [2.75, 3.05) is 18.9 Å². The predicted octanol–water partition coefficient (Wildman–Crippen LogP) is 2.02. The summed E-state index contributed by atoms with van der Waals surface area (Å²) in [6.45, 7) is 0.180. The first kappa shape index (κ1) is 15.6. The summed E-state index contributed by atoms with van der Waals surface area (Å²) in [6.07, 6.45) is 0. The molecule has 0 radical (unpaired) electrons. The maximum atomic E-state index is 12.4. The highest BCUT2D eigenvalue weighted by molar-refractivity contribution is 7.93. The molecule has 3 N–H and O–H groups in total. The zero-order valence-corrected chi connectivity index (χ0v) is 13.3. The second-order valence-corrected chi connectivity index (χ2v) is 6.74. The fourth-order valence-corrected chi connectivity index (χ4v) is 4.21. The lowest BCUT2D eigenvalue weighted by molar-refractivity contribution is 0.355. The van der Waals surface area contributed by atoms with E-state index in [-0.39, 0.29) is 11.4 Å². The summed E-state index contributed by atoms with van der Waals surface area (Å²) < 4.78 is 37.5. The quantitative estimate of drug-likeness (QED) is 0.846. The molecule has 8 heteroatoms. The monoisotopic (exact) mass is 328 g/mol. The Kier molecular flexibility index (Phi) is 4.71. The molecule has 0 fully saturated rings. The van der Waals surface area contributed by atoms with Crippen molar-refractivity contribution in [3.05, 3.63) is 34.5 Å². The summed E-state index contributed by atoms with van der Waals surface area (Å²) in [5.74, 6) is 0.973. The first-order valence-corrected chi connectivity index (χ1v) is 8.39. The van der Waals surface area contributed by atoms with Gasteiger partial charge < -0.3 is 15.2 Å². The minimum atomic E-state index is -3.67. The van der Waals surface area contributed by atoms with Gasteiger partial charge in [0.1, 0.15) is 4.90 Å². The minimum absolute atomic E-state index is 0.180. The Labute approximate surface area is 127 Å². The summed E-state index contributed by atoms with van der Waals surface area (Å²) in [5.41, 5.74) is 5.94. The maximum absolute atomic E-state index is 12.4. The van der Waals surface area contributed by atoms with Crippen LogP contribution in [0, 0.1) is 0 Å². The van der Waals surface area contributed by atoms with Crippen LogP contribution in [0.3, 0.4) is 0 Å². The third kappa shape index (κ3) is 3.29. The van der Waals surface area contributed by atoms with Crippen molar-refractivity contribution in [3.63, 3.8) is 0 Å². The molecule has 0 unspecified atom stereocenters. The molecule has 2 aromatic rings. The summed E-state index contributed by atoms with van der Waals surface area (Å²) in [4.78, 5) is 0.813.